The van der Waals surface area contributed by atoms with Gasteiger partial charge in [0.15, 0.2) is 0 Å². The fraction of sp³-hybridized carbons (Fsp3) is 0.267. The molecular weight excluding hydrogens is 363 g/mol. The smallest absolute Gasteiger partial charge is 0.433 e. The van der Waals surface area contributed by atoms with Gasteiger partial charge in [0, 0.05) is 12.3 Å². The lowest BCUT2D eigenvalue weighted by atomic mass is 10.1. The van der Waals surface area contributed by atoms with E-state index < -0.39 is 23.5 Å². The Morgan fingerprint density at radius 3 is 2.72 bits per heavy atom. The Morgan fingerprint density at radius 2 is 2.08 bits per heavy atom. The average molecular weight is 374 g/mol. The summed E-state index contributed by atoms with van der Waals surface area (Å²) in [5.41, 5.74) is -1.33. The molecule has 132 valence electrons. The van der Waals surface area contributed by atoms with Crippen molar-refractivity contribution in [3.8, 4) is 5.88 Å². The summed E-state index contributed by atoms with van der Waals surface area (Å²) < 4.78 is 43.2. The van der Waals surface area contributed by atoms with Gasteiger partial charge in [-0.25, -0.2) is 4.98 Å². The molecule has 3 heterocycles. The van der Waals surface area contributed by atoms with Gasteiger partial charge in [0.05, 0.1) is 18.7 Å². The second kappa shape index (κ2) is 6.40. The molecule has 1 aliphatic heterocycles. The summed E-state index contributed by atoms with van der Waals surface area (Å²) in [6, 6.07) is 4.63. The summed E-state index contributed by atoms with van der Waals surface area (Å²) in [5.74, 6) is -0.519. The van der Waals surface area contributed by atoms with Crippen LogP contribution in [0.2, 0.25) is 5.02 Å². The lowest BCUT2D eigenvalue weighted by Crippen LogP contribution is -2.56. The van der Waals surface area contributed by atoms with Crippen LogP contribution in [0, 0.1) is 0 Å². The molecule has 1 amide bonds. The SMILES string of the molecule is O=C(c1c[nH]c(=O)c(Cl)c1)N1CC(Oc2cccc(C(F)(F)F)n2)C1. The molecule has 6 nitrogen and oxygen atoms in total. The molecule has 2 aromatic heterocycles. The molecule has 25 heavy (non-hydrogen) atoms. The Bertz CT molecular complexity index is 863. The van der Waals surface area contributed by atoms with E-state index in [4.69, 9.17) is 16.3 Å². The summed E-state index contributed by atoms with van der Waals surface area (Å²) in [5, 5.41) is -0.104. The molecule has 1 aliphatic rings. The number of halogens is 4. The van der Waals surface area contributed by atoms with E-state index in [1.807, 2.05) is 0 Å². The van der Waals surface area contributed by atoms with Crippen molar-refractivity contribution in [3.05, 3.63) is 57.1 Å². The number of pyridine rings is 2. The number of hydrogen-bond acceptors (Lipinski definition) is 4. The van der Waals surface area contributed by atoms with Gasteiger partial charge in [0.2, 0.25) is 5.88 Å². The quantitative estimate of drug-likeness (QED) is 0.896. The van der Waals surface area contributed by atoms with Gasteiger partial charge in [-0.2, -0.15) is 13.2 Å². The number of ether oxygens (including phenoxy) is 1. The number of nitrogens with zero attached hydrogens (tertiary/aromatic N) is 2. The molecule has 0 aromatic carbocycles. The first kappa shape index (κ1) is 17.3. The van der Waals surface area contributed by atoms with Crippen molar-refractivity contribution >= 4 is 17.5 Å². The molecule has 1 N–H and O–H groups in total. The Labute approximate surface area is 144 Å². The van der Waals surface area contributed by atoms with Crippen molar-refractivity contribution in [2.24, 2.45) is 0 Å². The number of carbonyl (C=O) groups is 1. The summed E-state index contributed by atoms with van der Waals surface area (Å²) in [6.07, 6.45) is -3.76. The number of alkyl halides is 3. The van der Waals surface area contributed by atoms with Crippen LogP contribution in [-0.2, 0) is 6.18 Å². The maximum atomic E-state index is 12.6. The highest BCUT2D eigenvalue weighted by Crippen LogP contribution is 2.29. The number of aromatic nitrogens is 2. The number of amides is 1. The third-order valence-electron chi connectivity index (χ3n) is 3.54. The summed E-state index contributed by atoms with van der Waals surface area (Å²) in [6.45, 7) is 0.376. The molecular formula is C15H11ClF3N3O3. The largest absolute Gasteiger partial charge is 0.471 e. The summed E-state index contributed by atoms with van der Waals surface area (Å²) >= 11 is 5.67. The number of hydrogen-bond donors (Lipinski definition) is 1. The first-order valence-corrected chi connectivity index (χ1v) is 7.50. The lowest BCUT2D eigenvalue weighted by Gasteiger charge is -2.38. The van der Waals surface area contributed by atoms with Gasteiger partial charge < -0.3 is 14.6 Å². The second-order valence-corrected chi connectivity index (χ2v) is 5.78. The molecule has 0 unspecified atom stereocenters. The zero-order valence-corrected chi connectivity index (χ0v) is 13.3. The van der Waals surface area contributed by atoms with Crippen LogP contribution in [0.25, 0.3) is 0 Å². The standard InChI is InChI=1S/C15H11ClF3N3O3/c16-10-4-8(5-20-13(10)23)14(24)22-6-9(7-22)25-12-3-1-2-11(21-12)15(17,18)19/h1-5,9H,6-7H2,(H,20,23). The predicted octanol–water partition coefficient (Wildman–Crippen LogP) is 2.35. The van der Waals surface area contributed by atoms with E-state index in [9.17, 15) is 22.8 Å². The Hall–Kier alpha value is -2.55. The average Bonchev–Trinajstić information content (AvgIpc) is 2.52. The fourth-order valence-corrected chi connectivity index (χ4v) is 2.42. The first-order valence-electron chi connectivity index (χ1n) is 7.12. The van der Waals surface area contributed by atoms with Crippen LogP contribution in [-0.4, -0.2) is 40.0 Å². The van der Waals surface area contributed by atoms with Crippen LogP contribution in [0.5, 0.6) is 5.88 Å². The first-order chi connectivity index (χ1) is 11.7. The van der Waals surface area contributed by atoms with E-state index >= 15 is 0 Å². The van der Waals surface area contributed by atoms with Gasteiger partial charge in [-0.15, -0.1) is 0 Å². The van der Waals surface area contributed by atoms with Crippen LogP contribution >= 0.6 is 11.6 Å². The molecule has 0 saturated carbocycles. The highest BCUT2D eigenvalue weighted by atomic mass is 35.5. The Balaban J connectivity index is 1.60. The second-order valence-electron chi connectivity index (χ2n) is 5.37. The van der Waals surface area contributed by atoms with Crippen LogP contribution in [0.3, 0.4) is 0 Å². The third kappa shape index (κ3) is 3.76. The maximum Gasteiger partial charge on any atom is 0.433 e. The minimum Gasteiger partial charge on any atom is -0.471 e. The van der Waals surface area contributed by atoms with Gasteiger partial charge in [0.1, 0.15) is 16.8 Å². The van der Waals surface area contributed by atoms with Crippen molar-refractivity contribution in [2.45, 2.75) is 12.3 Å². The molecule has 1 saturated heterocycles. The van der Waals surface area contributed by atoms with Gasteiger partial charge in [-0.3, -0.25) is 9.59 Å². The molecule has 1 fully saturated rings. The molecule has 0 spiro atoms. The number of H-pyrrole nitrogens is 1. The van der Waals surface area contributed by atoms with E-state index in [0.29, 0.717) is 0 Å². The van der Waals surface area contributed by atoms with Crippen LogP contribution < -0.4 is 10.3 Å². The van der Waals surface area contributed by atoms with Gasteiger partial charge in [-0.1, -0.05) is 17.7 Å². The van der Waals surface area contributed by atoms with Crippen molar-refractivity contribution in [3.63, 3.8) is 0 Å². The minimum absolute atomic E-state index is 0.104. The van der Waals surface area contributed by atoms with Crippen LogP contribution in [0.4, 0.5) is 13.2 Å². The van der Waals surface area contributed by atoms with Gasteiger partial charge in [-0.05, 0) is 12.1 Å². The zero-order valence-electron chi connectivity index (χ0n) is 12.5. The number of aromatic amines is 1. The van der Waals surface area contributed by atoms with Gasteiger partial charge in [0.25, 0.3) is 11.5 Å². The zero-order chi connectivity index (χ0) is 18.2. The van der Waals surface area contributed by atoms with Crippen molar-refractivity contribution in [1.29, 1.82) is 0 Å². The van der Waals surface area contributed by atoms with Gasteiger partial charge >= 0.3 is 6.18 Å². The number of carbonyl (C=O) groups excluding carboxylic acids is 1. The molecule has 0 radical (unpaired) electrons. The predicted molar refractivity (Wildman–Crippen MR) is 81.6 cm³/mol. The highest BCUT2D eigenvalue weighted by molar-refractivity contribution is 6.30. The molecule has 0 bridgehead atoms. The van der Waals surface area contributed by atoms with E-state index in [1.54, 1.807) is 0 Å². The summed E-state index contributed by atoms with van der Waals surface area (Å²) in [7, 11) is 0. The molecule has 3 rings (SSSR count). The monoisotopic (exact) mass is 373 g/mol. The third-order valence-corrected chi connectivity index (χ3v) is 3.82. The normalized spacial score (nSPS) is 15.0. The van der Waals surface area contributed by atoms with Crippen LogP contribution in [0.1, 0.15) is 16.1 Å². The topological polar surface area (TPSA) is 75.3 Å². The molecule has 0 aliphatic carbocycles. The van der Waals surface area contributed by atoms with E-state index in [0.717, 1.165) is 6.07 Å². The van der Waals surface area contributed by atoms with E-state index in [1.165, 1.54) is 29.3 Å². The van der Waals surface area contributed by atoms with Crippen LogP contribution in [0.15, 0.2) is 35.3 Å². The molecule has 2 aromatic rings. The number of rotatable bonds is 3. The molecule has 10 heteroatoms. The highest BCUT2D eigenvalue weighted by Gasteiger charge is 2.35. The lowest BCUT2D eigenvalue weighted by molar-refractivity contribution is -0.141. The van der Waals surface area contributed by atoms with E-state index in [2.05, 4.69) is 9.97 Å². The minimum atomic E-state index is -4.55. The number of nitrogens with one attached hydrogen (secondary N) is 1. The van der Waals surface area contributed by atoms with Crippen molar-refractivity contribution in [1.82, 2.24) is 14.9 Å². The fourth-order valence-electron chi connectivity index (χ4n) is 2.25. The summed E-state index contributed by atoms with van der Waals surface area (Å²) in [4.78, 5) is 30.5. The molecule has 0 atom stereocenters. The Morgan fingerprint density at radius 1 is 1.36 bits per heavy atom. The Kier molecular flexibility index (Phi) is 4.42. The van der Waals surface area contributed by atoms with E-state index in [-0.39, 0.29) is 35.5 Å². The van der Waals surface area contributed by atoms with Crippen molar-refractivity contribution in [2.75, 3.05) is 13.1 Å². The van der Waals surface area contributed by atoms with Crippen molar-refractivity contribution < 1.29 is 22.7 Å². The number of likely N-dealkylation sites (tertiary alicyclic amines) is 1. The maximum absolute atomic E-state index is 12.6.